The van der Waals surface area contributed by atoms with E-state index >= 15 is 0 Å². The maximum absolute atomic E-state index is 13.2. The van der Waals surface area contributed by atoms with Crippen LogP contribution in [0, 0.1) is 5.92 Å². The largest absolute Gasteiger partial charge is 0.497 e. The lowest BCUT2D eigenvalue weighted by Crippen LogP contribution is -2.43. The predicted octanol–water partition coefficient (Wildman–Crippen LogP) is 3.86. The number of hydrogen-bond donors (Lipinski definition) is 1. The van der Waals surface area contributed by atoms with E-state index in [0.717, 1.165) is 11.1 Å². The van der Waals surface area contributed by atoms with E-state index in [2.05, 4.69) is 10.3 Å². The lowest BCUT2D eigenvalue weighted by molar-refractivity contribution is -0.126. The first-order chi connectivity index (χ1) is 16.6. The normalized spacial score (nSPS) is 14.8. The molecule has 1 saturated heterocycles. The van der Waals surface area contributed by atoms with Gasteiger partial charge < -0.3 is 19.7 Å². The number of piperidine rings is 1. The van der Waals surface area contributed by atoms with Crippen molar-refractivity contribution < 1.29 is 19.1 Å². The van der Waals surface area contributed by atoms with Gasteiger partial charge >= 0.3 is 0 Å². The summed E-state index contributed by atoms with van der Waals surface area (Å²) < 4.78 is 10.6. The van der Waals surface area contributed by atoms with E-state index in [9.17, 15) is 9.59 Å². The Morgan fingerprint density at radius 2 is 1.50 bits per heavy atom. The summed E-state index contributed by atoms with van der Waals surface area (Å²) in [5.41, 5.74) is 2.51. The van der Waals surface area contributed by atoms with Gasteiger partial charge in [0.1, 0.15) is 11.5 Å². The molecule has 1 unspecified atom stereocenters. The van der Waals surface area contributed by atoms with Crippen molar-refractivity contribution in [1.29, 1.82) is 0 Å². The highest BCUT2D eigenvalue weighted by Crippen LogP contribution is 2.27. The van der Waals surface area contributed by atoms with Crippen LogP contribution in [0.15, 0.2) is 73.1 Å². The number of hydrogen-bond acceptors (Lipinski definition) is 5. The van der Waals surface area contributed by atoms with E-state index < -0.39 is 0 Å². The fraction of sp³-hybridized carbons (Fsp3) is 0.296. The zero-order chi connectivity index (χ0) is 23.9. The van der Waals surface area contributed by atoms with Crippen molar-refractivity contribution in [2.24, 2.45) is 5.92 Å². The molecule has 1 aliphatic rings. The summed E-state index contributed by atoms with van der Waals surface area (Å²) in [5, 5.41) is 3.22. The number of likely N-dealkylation sites (tertiary alicyclic amines) is 1. The monoisotopic (exact) mass is 459 g/mol. The van der Waals surface area contributed by atoms with Crippen LogP contribution in [0.3, 0.4) is 0 Å². The third-order valence-electron chi connectivity index (χ3n) is 6.21. The summed E-state index contributed by atoms with van der Waals surface area (Å²) in [6, 6.07) is 18.7. The standard InChI is InChI=1S/C27H29N3O4/c1-33-23-16-22(17-24(18-23)34-2)27(32)30-14-10-21(11-15-30)26(31)29-25(19-6-4-3-5-7-19)20-8-12-28-13-9-20/h3-9,12-13,16-18,21,25H,10-11,14-15H2,1-2H3,(H,29,31). The van der Waals surface area contributed by atoms with Gasteiger partial charge in [-0.25, -0.2) is 0 Å². The van der Waals surface area contributed by atoms with Gasteiger partial charge in [-0.1, -0.05) is 30.3 Å². The van der Waals surface area contributed by atoms with Crippen LogP contribution in [0.1, 0.15) is 40.4 Å². The second-order valence-electron chi connectivity index (χ2n) is 8.30. The van der Waals surface area contributed by atoms with E-state index in [4.69, 9.17) is 9.47 Å². The number of methoxy groups -OCH3 is 2. The molecular weight excluding hydrogens is 430 g/mol. The van der Waals surface area contributed by atoms with Crippen molar-refractivity contribution in [1.82, 2.24) is 15.2 Å². The number of nitrogens with one attached hydrogen (secondary N) is 1. The molecule has 0 spiro atoms. The molecule has 0 saturated carbocycles. The SMILES string of the molecule is COc1cc(OC)cc(C(=O)N2CCC(C(=O)NC(c3ccccc3)c3ccncc3)CC2)c1. The predicted molar refractivity (Wildman–Crippen MR) is 129 cm³/mol. The van der Waals surface area contributed by atoms with Gasteiger partial charge in [-0.3, -0.25) is 14.6 Å². The van der Waals surface area contributed by atoms with Crippen LogP contribution in [-0.4, -0.2) is 49.0 Å². The Morgan fingerprint density at radius 3 is 2.09 bits per heavy atom. The van der Waals surface area contributed by atoms with E-state index in [0.29, 0.717) is 43.0 Å². The lowest BCUT2D eigenvalue weighted by atomic mass is 9.93. The highest BCUT2D eigenvalue weighted by Gasteiger charge is 2.30. The lowest BCUT2D eigenvalue weighted by Gasteiger charge is -2.32. The fourth-order valence-corrected chi connectivity index (χ4v) is 4.28. The minimum absolute atomic E-state index is 0.000754. The van der Waals surface area contributed by atoms with Crippen LogP contribution in [0.2, 0.25) is 0 Å². The Hall–Kier alpha value is -3.87. The molecule has 2 aromatic carbocycles. The summed E-state index contributed by atoms with van der Waals surface area (Å²) in [7, 11) is 3.11. The molecule has 1 atom stereocenters. The van der Waals surface area contributed by atoms with Gasteiger partial charge in [0.2, 0.25) is 5.91 Å². The number of pyridine rings is 1. The molecule has 7 heteroatoms. The number of aromatic nitrogens is 1. The molecular formula is C27H29N3O4. The first-order valence-electron chi connectivity index (χ1n) is 11.4. The zero-order valence-corrected chi connectivity index (χ0v) is 19.4. The van der Waals surface area contributed by atoms with E-state index in [1.165, 1.54) is 0 Å². The summed E-state index contributed by atoms with van der Waals surface area (Å²) in [6.45, 7) is 1.03. The molecule has 34 heavy (non-hydrogen) atoms. The molecule has 176 valence electrons. The van der Waals surface area contributed by atoms with Crippen LogP contribution in [0.5, 0.6) is 11.5 Å². The highest BCUT2D eigenvalue weighted by molar-refractivity contribution is 5.95. The summed E-state index contributed by atoms with van der Waals surface area (Å²) in [5.74, 6) is 0.896. The van der Waals surface area contributed by atoms with Crippen molar-refractivity contribution in [2.45, 2.75) is 18.9 Å². The number of nitrogens with zero attached hydrogens (tertiary/aromatic N) is 2. The van der Waals surface area contributed by atoms with Crippen LogP contribution < -0.4 is 14.8 Å². The first kappa shape index (κ1) is 23.3. The molecule has 0 bridgehead atoms. The summed E-state index contributed by atoms with van der Waals surface area (Å²) in [6.07, 6.45) is 4.68. The highest BCUT2D eigenvalue weighted by atomic mass is 16.5. The Labute approximate surface area is 199 Å². The number of amides is 2. The zero-order valence-electron chi connectivity index (χ0n) is 19.4. The quantitative estimate of drug-likeness (QED) is 0.580. The van der Waals surface area contributed by atoms with Crippen LogP contribution >= 0.6 is 0 Å². The van der Waals surface area contributed by atoms with Gasteiger partial charge in [0.05, 0.1) is 20.3 Å². The maximum Gasteiger partial charge on any atom is 0.254 e. The van der Waals surface area contributed by atoms with Gasteiger partial charge in [0.15, 0.2) is 0 Å². The molecule has 7 nitrogen and oxygen atoms in total. The molecule has 4 rings (SSSR count). The third kappa shape index (κ3) is 5.36. The Balaban J connectivity index is 1.41. The molecule has 2 amide bonds. The van der Waals surface area contributed by atoms with Gasteiger partial charge in [0, 0.05) is 43.0 Å². The number of rotatable bonds is 7. The first-order valence-corrected chi connectivity index (χ1v) is 11.4. The van der Waals surface area contributed by atoms with Gasteiger partial charge in [0.25, 0.3) is 5.91 Å². The van der Waals surface area contributed by atoms with Crippen LogP contribution in [-0.2, 0) is 4.79 Å². The maximum atomic E-state index is 13.2. The van der Waals surface area contributed by atoms with Crippen molar-refractivity contribution in [3.05, 3.63) is 89.7 Å². The molecule has 0 radical (unpaired) electrons. The minimum atomic E-state index is -0.249. The Morgan fingerprint density at radius 1 is 0.912 bits per heavy atom. The van der Waals surface area contributed by atoms with E-state index in [1.807, 2.05) is 42.5 Å². The summed E-state index contributed by atoms with van der Waals surface area (Å²) >= 11 is 0. The number of ether oxygens (including phenoxy) is 2. The number of carbonyl (C=O) groups excluding carboxylic acids is 2. The van der Waals surface area contributed by atoms with Crippen molar-refractivity contribution in [3.8, 4) is 11.5 Å². The van der Waals surface area contributed by atoms with E-state index in [-0.39, 0.29) is 23.8 Å². The number of benzene rings is 2. The minimum Gasteiger partial charge on any atom is -0.497 e. The molecule has 1 aliphatic heterocycles. The van der Waals surface area contributed by atoms with E-state index in [1.54, 1.807) is 49.7 Å². The average Bonchev–Trinajstić information content (AvgIpc) is 2.91. The van der Waals surface area contributed by atoms with Crippen molar-refractivity contribution in [2.75, 3.05) is 27.3 Å². The molecule has 1 N–H and O–H groups in total. The molecule has 3 aromatic rings. The summed E-state index contributed by atoms with van der Waals surface area (Å²) in [4.78, 5) is 32.2. The third-order valence-corrected chi connectivity index (χ3v) is 6.21. The van der Waals surface area contributed by atoms with Gasteiger partial charge in [-0.15, -0.1) is 0 Å². The second kappa shape index (κ2) is 10.8. The second-order valence-corrected chi connectivity index (χ2v) is 8.30. The molecule has 2 heterocycles. The van der Waals surface area contributed by atoms with Gasteiger partial charge in [-0.2, -0.15) is 0 Å². The Bertz CT molecular complexity index is 1050. The van der Waals surface area contributed by atoms with Crippen molar-refractivity contribution in [3.63, 3.8) is 0 Å². The Kier molecular flexibility index (Phi) is 7.42. The fourth-order valence-electron chi connectivity index (χ4n) is 4.28. The van der Waals surface area contributed by atoms with Gasteiger partial charge in [-0.05, 0) is 48.2 Å². The molecule has 1 aromatic heterocycles. The van der Waals surface area contributed by atoms with Crippen LogP contribution in [0.4, 0.5) is 0 Å². The molecule has 1 fully saturated rings. The number of carbonyl (C=O) groups is 2. The smallest absolute Gasteiger partial charge is 0.254 e. The topological polar surface area (TPSA) is 80.8 Å². The molecule has 0 aliphatic carbocycles. The van der Waals surface area contributed by atoms with Crippen LogP contribution in [0.25, 0.3) is 0 Å². The average molecular weight is 460 g/mol. The van der Waals surface area contributed by atoms with Crippen molar-refractivity contribution >= 4 is 11.8 Å².